The molecule has 0 radical (unpaired) electrons. The third-order valence-corrected chi connectivity index (χ3v) is 5.34. The molecule has 0 unspecified atom stereocenters. The van der Waals surface area contributed by atoms with Crippen LogP contribution in [0.2, 0.25) is 10.0 Å². The predicted octanol–water partition coefficient (Wildman–Crippen LogP) is 5.72. The summed E-state index contributed by atoms with van der Waals surface area (Å²) in [5, 5.41) is 5.28. The van der Waals surface area contributed by atoms with Crippen LogP contribution in [0.1, 0.15) is 16.7 Å². The van der Waals surface area contributed by atoms with Crippen LogP contribution in [0, 0.1) is 0 Å². The second-order valence-corrected chi connectivity index (χ2v) is 7.54. The number of benzene rings is 3. The SMILES string of the molecule is COc1ccc(CN/N=C/c2ccc(OCc3ccc(Cl)c(Cl)c3)c(OC)c2)cc1OC. The maximum Gasteiger partial charge on any atom is 0.161 e. The van der Waals surface area contributed by atoms with Crippen molar-refractivity contribution in [3.8, 4) is 23.0 Å². The third-order valence-electron chi connectivity index (χ3n) is 4.60. The van der Waals surface area contributed by atoms with Gasteiger partial charge in [0.2, 0.25) is 0 Å². The van der Waals surface area contributed by atoms with Crippen molar-refractivity contribution in [2.75, 3.05) is 21.3 Å². The van der Waals surface area contributed by atoms with Crippen molar-refractivity contribution in [1.29, 1.82) is 0 Å². The number of methoxy groups -OCH3 is 3. The van der Waals surface area contributed by atoms with Gasteiger partial charge in [0.15, 0.2) is 23.0 Å². The Bertz CT molecular complexity index is 1090. The lowest BCUT2D eigenvalue weighted by atomic mass is 10.2. The van der Waals surface area contributed by atoms with Crippen molar-refractivity contribution in [3.05, 3.63) is 81.3 Å². The van der Waals surface area contributed by atoms with E-state index in [9.17, 15) is 0 Å². The van der Waals surface area contributed by atoms with Gasteiger partial charge in [-0.25, -0.2) is 0 Å². The third kappa shape index (κ3) is 6.22. The number of nitrogens with one attached hydrogen (secondary N) is 1. The Balaban J connectivity index is 1.59. The first kappa shape index (κ1) is 23.6. The standard InChI is InChI=1S/C24H24Cl2N2O4/c1-29-21-8-5-16(11-23(21)30-2)13-27-28-14-17-6-9-22(24(12-17)31-3)32-15-18-4-7-19(25)20(26)10-18/h4-12,14,27H,13,15H2,1-3H3/b28-14+. The van der Waals surface area contributed by atoms with Crippen LogP contribution in [0.5, 0.6) is 23.0 Å². The summed E-state index contributed by atoms with van der Waals surface area (Å²) in [5.74, 6) is 2.59. The summed E-state index contributed by atoms with van der Waals surface area (Å²) in [6, 6.07) is 16.7. The minimum atomic E-state index is 0.341. The van der Waals surface area contributed by atoms with E-state index in [1.54, 1.807) is 39.7 Å². The highest BCUT2D eigenvalue weighted by Crippen LogP contribution is 2.30. The van der Waals surface area contributed by atoms with Crippen LogP contribution < -0.4 is 24.4 Å². The van der Waals surface area contributed by atoms with E-state index in [1.165, 1.54) is 0 Å². The van der Waals surface area contributed by atoms with E-state index in [-0.39, 0.29) is 0 Å². The molecule has 3 aromatic rings. The first-order valence-electron chi connectivity index (χ1n) is 9.75. The molecule has 3 aromatic carbocycles. The van der Waals surface area contributed by atoms with Gasteiger partial charge in [-0.15, -0.1) is 0 Å². The lowest BCUT2D eigenvalue weighted by molar-refractivity contribution is 0.284. The summed E-state index contributed by atoms with van der Waals surface area (Å²) in [5.41, 5.74) is 5.82. The summed E-state index contributed by atoms with van der Waals surface area (Å²) >= 11 is 12.0. The van der Waals surface area contributed by atoms with Gasteiger partial charge in [-0.2, -0.15) is 5.10 Å². The summed E-state index contributed by atoms with van der Waals surface area (Å²) in [4.78, 5) is 0. The Morgan fingerprint density at radius 2 is 1.44 bits per heavy atom. The van der Waals surface area contributed by atoms with Crippen molar-refractivity contribution in [1.82, 2.24) is 5.43 Å². The van der Waals surface area contributed by atoms with E-state index in [4.69, 9.17) is 42.1 Å². The smallest absolute Gasteiger partial charge is 0.161 e. The summed E-state index contributed by atoms with van der Waals surface area (Å²) in [6.07, 6.45) is 1.71. The molecule has 0 atom stereocenters. The van der Waals surface area contributed by atoms with Crippen LogP contribution >= 0.6 is 23.2 Å². The Labute approximate surface area is 197 Å². The number of halogens is 2. The zero-order valence-electron chi connectivity index (χ0n) is 18.0. The first-order chi connectivity index (χ1) is 15.5. The number of hydrogen-bond acceptors (Lipinski definition) is 6. The fourth-order valence-electron chi connectivity index (χ4n) is 2.92. The molecule has 0 aliphatic carbocycles. The Hall–Kier alpha value is -3.09. The lowest BCUT2D eigenvalue weighted by Gasteiger charge is -2.12. The van der Waals surface area contributed by atoms with Gasteiger partial charge in [0.25, 0.3) is 0 Å². The number of ether oxygens (including phenoxy) is 4. The number of hydrogen-bond donors (Lipinski definition) is 1. The molecule has 32 heavy (non-hydrogen) atoms. The summed E-state index contributed by atoms with van der Waals surface area (Å²) in [7, 11) is 4.81. The molecule has 1 N–H and O–H groups in total. The summed E-state index contributed by atoms with van der Waals surface area (Å²) in [6.45, 7) is 0.881. The predicted molar refractivity (Wildman–Crippen MR) is 128 cm³/mol. The highest BCUT2D eigenvalue weighted by molar-refractivity contribution is 6.42. The molecule has 0 aliphatic heterocycles. The topological polar surface area (TPSA) is 61.3 Å². The first-order valence-corrected chi connectivity index (χ1v) is 10.5. The van der Waals surface area contributed by atoms with Crippen molar-refractivity contribution in [2.45, 2.75) is 13.2 Å². The molecule has 168 valence electrons. The molecule has 0 heterocycles. The number of rotatable bonds is 10. The van der Waals surface area contributed by atoms with Gasteiger partial charge in [-0.1, -0.05) is 35.3 Å². The van der Waals surface area contributed by atoms with Gasteiger partial charge in [0, 0.05) is 0 Å². The Kier molecular flexibility index (Phi) is 8.48. The van der Waals surface area contributed by atoms with Crippen molar-refractivity contribution in [3.63, 3.8) is 0 Å². The molecule has 0 bridgehead atoms. The van der Waals surface area contributed by atoms with E-state index < -0.39 is 0 Å². The van der Waals surface area contributed by atoms with E-state index >= 15 is 0 Å². The number of hydrazone groups is 1. The molecule has 0 saturated carbocycles. The molecule has 6 nitrogen and oxygen atoms in total. The highest BCUT2D eigenvalue weighted by Gasteiger charge is 2.07. The molecular weight excluding hydrogens is 451 g/mol. The van der Waals surface area contributed by atoms with Gasteiger partial charge < -0.3 is 24.4 Å². The molecule has 0 amide bonds. The highest BCUT2D eigenvalue weighted by atomic mass is 35.5. The molecule has 3 rings (SSSR count). The molecule has 0 aliphatic rings. The van der Waals surface area contributed by atoms with Crippen molar-refractivity contribution < 1.29 is 18.9 Å². The van der Waals surface area contributed by atoms with E-state index in [2.05, 4.69) is 10.5 Å². The lowest BCUT2D eigenvalue weighted by Crippen LogP contribution is -2.06. The van der Waals surface area contributed by atoms with Gasteiger partial charge in [-0.3, -0.25) is 0 Å². The van der Waals surface area contributed by atoms with Gasteiger partial charge in [0.05, 0.1) is 44.1 Å². The van der Waals surface area contributed by atoms with Crippen LogP contribution in [-0.4, -0.2) is 27.5 Å². The fourth-order valence-corrected chi connectivity index (χ4v) is 3.24. The molecule has 0 saturated heterocycles. The summed E-state index contributed by atoms with van der Waals surface area (Å²) < 4.78 is 21.9. The largest absolute Gasteiger partial charge is 0.493 e. The molecular formula is C24H24Cl2N2O4. The van der Waals surface area contributed by atoms with Crippen LogP contribution in [0.3, 0.4) is 0 Å². The van der Waals surface area contributed by atoms with Crippen molar-refractivity contribution in [2.24, 2.45) is 5.10 Å². The normalized spacial score (nSPS) is 10.8. The fraction of sp³-hybridized carbons (Fsp3) is 0.208. The second-order valence-electron chi connectivity index (χ2n) is 6.73. The monoisotopic (exact) mass is 474 g/mol. The molecule has 0 spiro atoms. The van der Waals surface area contributed by atoms with Gasteiger partial charge in [0.1, 0.15) is 6.61 Å². The molecule has 8 heteroatoms. The van der Waals surface area contributed by atoms with Crippen LogP contribution in [0.25, 0.3) is 0 Å². The Morgan fingerprint density at radius 3 is 2.16 bits per heavy atom. The zero-order valence-corrected chi connectivity index (χ0v) is 19.5. The van der Waals surface area contributed by atoms with Crippen molar-refractivity contribution >= 4 is 29.4 Å². The number of nitrogens with zero attached hydrogens (tertiary/aromatic N) is 1. The van der Waals surface area contributed by atoms with E-state index in [0.29, 0.717) is 46.2 Å². The van der Waals surface area contributed by atoms with Crippen LogP contribution in [0.4, 0.5) is 0 Å². The second kappa shape index (κ2) is 11.5. The van der Waals surface area contributed by atoms with E-state index in [1.807, 2.05) is 42.5 Å². The maximum absolute atomic E-state index is 6.06. The quantitative estimate of drug-likeness (QED) is 0.300. The molecule has 0 aromatic heterocycles. The van der Waals surface area contributed by atoms with Gasteiger partial charge in [-0.05, 0) is 59.2 Å². The molecule has 0 fully saturated rings. The minimum Gasteiger partial charge on any atom is -0.493 e. The van der Waals surface area contributed by atoms with Crippen LogP contribution in [0.15, 0.2) is 59.7 Å². The van der Waals surface area contributed by atoms with Crippen LogP contribution in [-0.2, 0) is 13.2 Å². The zero-order chi connectivity index (χ0) is 22.9. The average Bonchev–Trinajstić information content (AvgIpc) is 2.82. The minimum absolute atomic E-state index is 0.341. The Morgan fingerprint density at radius 1 is 0.750 bits per heavy atom. The maximum atomic E-state index is 6.06. The average molecular weight is 475 g/mol. The van der Waals surface area contributed by atoms with Gasteiger partial charge >= 0.3 is 0 Å². The van der Waals surface area contributed by atoms with E-state index in [0.717, 1.165) is 16.7 Å².